The van der Waals surface area contributed by atoms with E-state index in [1.165, 1.54) is 50.7 Å². The number of aliphatic carboxylic acids is 1. The zero-order chi connectivity index (χ0) is 19.5. The Morgan fingerprint density at radius 1 is 1.12 bits per heavy atom. The number of carboxylic acid groups (broad SMARTS) is 1. The van der Waals surface area contributed by atoms with Gasteiger partial charge in [-0.1, -0.05) is 38.8 Å². The Kier molecular flexibility index (Phi) is 9.71. The highest BCUT2D eigenvalue weighted by molar-refractivity contribution is 5.86. The van der Waals surface area contributed by atoms with E-state index in [1.807, 2.05) is 13.8 Å². The van der Waals surface area contributed by atoms with E-state index < -0.39 is 5.97 Å². The summed E-state index contributed by atoms with van der Waals surface area (Å²) in [5, 5.41) is 9.60. The summed E-state index contributed by atoms with van der Waals surface area (Å²) in [5.74, 6) is -1.20. The van der Waals surface area contributed by atoms with Crippen LogP contribution in [0.4, 0.5) is 4.39 Å². The highest BCUT2D eigenvalue weighted by Gasteiger charge is 2.13. The van der Waals surface area contributed by atoms with Gasteiger partial charge in [0.15, 0.2) is 0 Å². The molecule has 0 spiro atoms. The molecule has 0 aliphatic heterocycles. The predicted octanol–water partition coefficient (Wildman–Crippen LogP) is 6.40. The third-order valence-corrected chi connectivity index (χ3v) is 4.55. The van der Waals surface area contributed by atoms with E-state index in [0.717, 1.165) is 22.2 Å². The molecule has 1 aromatic carbocycles. The lowest BCUT2D eigenvalue weighted by molar-refractivity contribution is -0.137. The second kappa shape index (κ2) is 11.5. The highest BCUT2D eigenvalue weighted by Crippen LogP contribution is 2.25. The molecule has 144 valence electrons. The van der Waals surface area contributed by atoms with Gasteiger partial charge in [-0.3, -0.25) is 4.79 Å². The van der Waals surface area contributed by atoms with Crippen LogP contribution in [-0.4, -0.2) is 15.6 Å². The van der Waals surface area contributed by atoms with Gasteiger partial charge >= 0.3 is 5.97 Å². The van der Waals surface area contributed by atoms with E-state index in [1.54, 1.807) is 10.6 Å². The van der Waals surface area contributed by atoms with Gasteiger partial charge in [0, 0.05) is 16.6 Å². The molecule has 26 heavy (non-hydrogen) atoms. The first-order valence-corrected chi connectivity index (χ1v) is 9.54. The summed E-state index contributed by atoms with van der Waals surface area (Å²) < 4.78 is 14.8. The smallest absolute Gasteiger partial charge is 0.323 e. The summed E-state index contributed by atoms with van der Waals surface area (Å²) in [6.45, 7) is 7.98. The molecule has 1 N–H and O–H groups in total. The number of allylic oxidation sites excluding steroid dienone is 2. The van der Waals surface area contributed by atoms with Gasteiger partial charge in [-0.2, -0.15) is 0 Å². The Hall–Kier alpha value is -2.10. The van der Waals surface area contributed by atoms with E-state index in [-0.39, 0.29) is 12.4 Å². The molecule has 1 heterocycles. The normalized spacial score (nSPS) is 12.8. The van der Waals surface area contributed by atoms with Crippen molar-refractivity contribution >= 4 is 16.9 Å². The first-order chi connectivity index (χ1) is 12.4. The number of aromatic nitrogens is 1. The molecule has 2 aromatic rings. The molecule has 1 aliphatic carbocycles. The summed E-state index contributed by atoms with van der Waals surface area (Å²) in [7, 11) is 0. The van der Waals surface area contributed by atoms with E-state index in [4.69, 9.17) is 5.11 Å². The van der Waals surface area contributed by atoms with Crippen LogP contribution in [0.1, 0.15) is 63.6 Å². The summed E-state index contributed by atoms with van der Waals surface area (Å²) in [5.41, 5.74) is 2.55. The van der Waals surface area contributed by atoms with E-state index >= 15 is 0 Å². The lowest BCUT2D eigenvalue weighted by atomic mass is 10.1. The largest absolute Gasteiger partial charge is 0.480 e. The Balaban J connectivity index is 0.000000278. The van der Waals surface area contributed by atoms with E-state index in [2.05, 4.69) is 26.0 Å². The van der Waals surface area contributed by atoms with Crippen molar-refractivity contribution in [1.29, 1.82) is 0 Å². The first kappa shape index (κ1) is 21.9. The fraction of sp³-hybridized carbons (Fsp3) is 0.500. The number of aryl methyl sites for hydroxylation is 1. The summed E-state index contributed by atoms with van der Waals surface area (Å²) in [6.07, 6.45) is 12.6. The number of halogens is 1. The van der Waals surface area contributed by atoms with Crippen molar-refractivity contribution in [2.24, 2.45) is 0 Å². The van der Waals surface area contributed by atoms with Crippen molar-refractivity contribution in [3.8, 4) is 0 Å². The molecule has 0 fully saturated rings. The highest BCUT2D eigenvalue weighted by atomic mass is 19.1. The van der Waals surface area contributed by atoms with Crippen LogP contribution in [0, 0.1) is 19.7 Å². The van der Waals surface area contributed by atoms with Crippen molar-refractivity contribution in [2.75, 3.05) is 0 Å². The van der Waals surface area contributed by atoms with Crippen LogP contribution < -0.4 is 0 Å². The molecule has 4 heteroatoms. The van der Waals surface area contributed by atoms with Crippen LogP contribution in [0.15, 0.2) is 30.4 Å². The zero-order valence-electron chi connectivity index (χ0n) is 16.5. The minimum absolute atomic E-state index is 0.0954. The summed E-state index contributed by atoms with van der Waals surface area (Å²) in [4.78, 5) is 10.7. The van der Waals surface area contributed by atoms with Crippen LogP contribution in [0.25, 0.3) is 10.9 Å². The monoisotopic (exact) mass is 361 g/mol. The lowest BCUT2D eigenvalue weighted by Crippen LogP contribution is -2.09. The molecular weight excluding hydrogens is 329 g/mol. The number of hydrogen-bond acceptors (Lipinski definition) is 1. The minimum atomic E-state index is -0.899. The van der Waals surface area contributed by atoms with Crippen molar-refractivity contribution in [3.05, 3.63) is 47.4 Å². The Morgan fingerprint density at radius 2 is 1.69 bits per heavy atom. The zero-order valence-corrected chi connectivity index (χ0v) is 16.5. The molecule has 0 bridgehead atoms. The third kappa shape index (κ3) is 6.66. The first-order valence-electron chi connectivity index (χ1n) is 9.54. The average molecular weight is 362 g/mol. The molecule has 3 nitrogen and oxygen atoms in total. The third-order valence-electron chi connectivity index (χ3n) is 4.55. The van der Waals surface area contributed by atoms with Crippen LogP contribution in [0.5, 0.6) is 0 Å². The van der Waals surface area contributed by atoms with Gasteiger partial charge in [-0.15, -0.1) is 0 Å². The number of benzene rings is 1. The molecule has 0 saturated carbocycles. The van der Waals surface area contributed by atoms with Gasteiger partial charge < -0.3 is 9.67 Å². The molecule has 0 amide bonds. The molecule has 0 unspecified atom stereocenters. The van der Waals surface area contributed by atoms with Crippen molar-refractivity contribution in [2.45, 2.75) is 72.8 Å². The van der Waals surface area contributed by atoms with Crippen LogP contribution in [0.2, 0.25) is 0 Å². The van der Waals surface area contributed by atoms with Gasteiger partial charge in [0.25, 0.3) is 0 Å². The van der Waals surface area contributed by atoms with E-state index in [0.29, 0.717) is 0 Å². The maximum atomic E-state index is 13.1. The predicted molar refractivity (Wildman–Crippen MR) is 107 cm³/mol. The van der Waals surface area contributed by atoms with Crippen LogP contribution in [0.3, 0.4) is 0 Å². The second-order valence-corrected chi connectivity index (χ2v) is 6.61. The van der Waals surface area contributed by atoms with Gasteiger partial charge in [-0.25, -0.2) is 4.39 Å². The fourth-order valence-electron chi connectivity index (χ4n) is 2.72. The number of fused-ring (bicyclic) bond motifs is 1. The number of carboxylic acids is 1. The molecule has 0 saturated heterocycles. The van der Waals surface area contributed by atoms with Crippen LogP contribution in [-0.2, 0) is 11.3 Å². The molecule has 1 aromatic heterocycles. The van der Waals surface area contributed by atoms with Gasteiger partial charge in [-0.05, 0) is 63.3 Å². The molecule has 0 radical (unpaired) electrons. The topological polar surface area (TPSA) is 42.2 Å². The molecule has 3 rings (SSSR count). The summed E-state index contributed by atoms with van der Waals surface area (Å²) >= 11 is 0. The Morgan fingerprint density at radius 3 is 2.12 bits per heavy atom. The lowest BCUT2D eigenvalue weighted by Gasteiger charge is -2.04. The molecule has 1 aliphatic rings. The molecule has 0 atom stereocenters. The Labute approximate surface area is 156 Å². The van der Waals surface area contributed by atoms with Gasteiger partial charge in [0.2, 0.25) is 0 Å². The number of unbranched alkanes of at least 4 members (excludes halogenated alkanes) is 1. The number of rotatable bonds is 3. The van der Waals surface area contributed by atoms with E-state index in [9.17, 15) is 9.18 Å². The maximum absolute atomic E-state index is 13.1. The molecular formula is C22H32FNO2. The average Bonchev–Trinajstić information content (AvgIpc) is 2.88. The van der Waals surface area contributed by atoms with Crippen molar-refractivity contribution in [3.63, 3.8) is 0 Å². The standard InChI is InChI=1S/C12H12FNO2.C6H10.C4H10/c1-7-8(2)14(6-12(15)16)11-4-3-9(13)5-10(7)11;1-2-4-6-5-3-1;1-3-4-2/h3-5H,6H2,1-2H3,(H,15,16);1-2H,3-6H2;3-4H2,1-2H3. The fourth-order valence-corrected chi connectivity index (χ4v) is 2.72. The maximum Gasteiger partial charge on any atom is 0.323 e. The van der Waals surface area contributed by atoms with Crippen molar-refractivity contribution < 1.29 is 14.3 Å². The number of nitrogens with zero attached hydrogens (tertiary/aromatic N) is 1. The number of hydrogen-bond donors (Lipinski definition) is 1. The number of carbonyl (C=O) groups is 1. The van der Waals surface area contributed by atoms with Gasteiger partial charge in [0.05, 0.1) is 0 Å². The minimum Gasteiger partial charge on any atom is -0.480 e. The quantitative estimate of drug-likeness (QED) is 0.642. The van der Waals surface area contributed by atoms with Crippen molar-refractivity contribution in [1.82, 2.24) is 4.57 Å². The summed E-state index contributed by atoms with van der Waals surface area (Å²) in [6, 6.07) is 4.41. The second-order valence-electron chi connectivity index (χ2n) is 6.61. The Bertz CT molecular complexity index is 721. The van der Waals surface area contributed by atoms with Gasteiger partial charge in [0.1, 0.15) is 12.4 Å². The van der Waals surface area contributed by atoms with Crippen LogP contribution >= 0.6 is 0 Å². The SMILES string of the molecule is C1=CCCCC1.CCCC.Cc1c(C)n(CC(=O)O)c2ccc(F)cc12.